The molecule has 0 amide bonds. The Morgan fingerprint density at radius 3 is 2.75 bits per heavy atom. The topological polar surface area (TPSA) is 59.1 Å². The first-order valence-corrected chi connectivity index (χ1v) is 8.42. The third-order valence-corrected chi connectivity index (χ3v) is 5.49. The van der Waals surface area contributed by atoms with Crippen LogP contribution in [-0.4, -0.2) is 24.8 Å². The van der Waals surface area contributed by atoms with Crippen LogP contribution in [0.15, 0.2) is 10.4 Å². The highest BCUT2D eigenvalue weighted by molar-refractivity contribution is 9.09. The summed E-state index contributed by atoms with van der Waals surface area (Å²) in [5.41, 5.74) is 0. The Labute approximate surface area is 109 Å². The number of aromatic nitrogens is 1. The summed E-state index contributed by atoms with van der Waals surface area (Å²) >= 11 is 4.51. The van der Waals surface area contributed by atoms with Gasteiger partial charge in [0, 0.05) is 11.4 Å². The Morgan fingerprint density at radius 1 is 1.62 bits per heavy atom. The van der Waals surface area contributed by atoms with Crippen LogP contribution in [0.2, 0.25) is 0 Å². The third-order valence-electron chi connectivity index (χ3n) is 2.14. The Bertz CT molecular complexity index is 430. The molecule has 1 N–H and O–H groups in total. The molecule has 1 aromatic heterocycles. The summed E-state index contributed by atoms with van der Waals surface area (Å²) in [4.78, 5) is 3.95. The van der Waals surface area contributed by atoms with E-state index in [4.69, 9.17) is 0 Å². The van der Waals surface area contributed by atoms with Crippen LogP contribution in [0.25, 0.3) is 0 Å². The van der Waals surface area contributed by atoms with Gasteiger partial charge in [0.1, 0.15) is 0 Å². The minimum atomic E-state index is -3.39. The molecular formula is C9H15BrN2O2S2. The summed E-state index contributed by atoms with van der Waals surface area (Å²) in [7, 11) is -3.39. The van der Waals surface area contributed by atoms with E-state index >= 15 is 0 Å². The van der Waals surface area contributed by atoms with Gasteiger partial charge in [0.05, 0.1) is 11.2 Å². The minimum absolute atomic E-state index is 0.0215. The quantitative estimate of drug-likeness (QED) is 0.816. The first-order chi connectivity index (χ1) is 7.49. The smallest absolute Gasteiger partial charge is 0.249 e. The van der Waals surface area contributed by atoms with E-state index in [2.05, 4.69) is 25.6 Å². The van der Waals surface area contributed by atoms with Crippen molar-refractivity contribution in [2.75, 3.05) is 5.33 Å². The molecule has 1 atom stereocenters. The van der Waals surface area contributed by atoms with Crippen LogP contribution in [0, 0.1) is 6.92 Å². The molecule has 0 aliphatic heterocycles. The molecule has 1 heterocycles. The average molecular weight is 327 g/mol. The average Bonchev–Trinajstić information content (AvgIpc) is 2.64. The Kier molecular flexibility index (Phi) is 5.36. The van der Waals surface area contributed by atoms with Crippen molar-refractivity contribution in [2.24, 2.45) is 0 Å². The number of hydrogen-bond donors (Lipinski definition) is 1. The van der Waals surface area contributed by atoms with Gasteiger partial charge in [0.15, 0.2) is 4.21 Å². The van der Waals surface area contributed by atoms with Crippen molar-refractivity contribution >= 4 is 37.3 Å². The van der Waals surface area contributed by atoms with Crippen LogP contribution < -0.4 is 4.72 Å². The molecule has 0 fully saturated rings. The number of halogens is 1. The van der Waals surface area contributed by atoms with Gasteiger partial charge in [-0.2, -0.15) is 0 Å². The number of alkyl halides is 1. The summed E-state index contributed by atoms with van der Waals surface area (Å²) in [6.45, 7) is 3.76. The van der Waals surface area contributed by atoms with Crippen molar-refractivity contribution in [2.45, 2.75) is 36.9 Å². The predicted molar refractivity (Wildman–Crippen MR) is 69.7 cm³/mol. The second kappa shape index (κ2) is 6.09. The van der Waals surface area contributed by atoms with E-state index in [0.29, 0.717) is 0 Å². The van der Waals surface area contributed by atoms with E-state index < -0.39 is 10.0 Å². The summed E-state index contributed by atoms with van der Waals surface area (Å²) in [6, 6.07) is -0.0215. The van der Waals surface area contributed by atoms with Crippen LogP contribution in [0.5, 0.6) is 0 Å². The van der Waals surface area contributed by atoms with Crippen LogP contribution in [0.1, 0.15) is 24.8 Å². The maximum Gasteiger partial charge on any atom is 0.251 e. The van der Waals surface area contributed by atoms with Crippen LogP contribution in [0.4, 0.5) is 0 Å². The highest BCUT2D eigenvalue weighted by atomic mass is 79.9. The molecular weight excluding hydrogens is 312 g/mol. The first kappa shape index (κ1) is 14.1. The number of thiazole rings is 1. The van der Waals surface area contributed by atoms with Gasteiger partial charge in [0.2, 0.25) is 0 Å². The number of sulfonamides is 1. The first-order valence-electron chi connectivity index (χ1n) is 5.00. The van der Waals surface area contributed by atoms with Crippen molar-refractivity contribution in [3.05, 3.63) is 11.2 Å². The van der Waals surface area contributed by atoms with Crippen LogP contribution >= 0.6 is 27.3 Å². The highest BCUT2D eigenvalue weighted by Gasteiger charge is 2.20. The standard InChI is InChI=1S/C9H15BrN2O2S2/c1-3-8(4-5-10)12-16(13,14)9-6-11-7(2)15-9/h6,8,12H,3-5H2,1-2H3. The van der Waals surface area contributed by atoms with Crippen molar-refractivity contribution in [3.63, 3.8) is 0 Å². The lowest BCUT2D eigenvalue weighted by molar-refractivity contribution is 0.534. The van der Waals surface area contributed by atoms with Gasteiger partial charge in [-0.15, -0.1) is 11.3 Å². The molecule has 0 spiro atoms. The zero-order chi connectivity index (χ0) is 12.2. The lowest BCUT2D eigenvalue weighted by Crippen LogP contribution is -2.34. The van der Waals surface area contributed by atoms with Gasteiger partial charge < -0.3 is 0 Å². The second-order valence-corrected chi connectivity index (χ2v) is 7.37. The summed E-state index contributed by atoms with van der Waals surface area (Å²) < 4.78 is 26.8. The number of hydrogen-bond acceptors (Lipinski definition) is 4. The molecule has 16 heavy (non-hydrogen) atoms. The van der Waals surface area contributed by atoms with Crippen molar-refractivity contribution < 1.29 is 8.42 Å². The minimum Gasteiger partial charge on any atom is -0.249 e. The molecule has 7 heteroatoms. The zero-order valence-electron chi connectivity index (χ0n) is 9.23. The lowest BCUT2D eigenvalue weighted by atomic mass is 10.2. The highest BCUT2D eigenvalue weighted by Crippen LogP contribution is 2.18. The molecule has 0 aliphatic carbocycles. The van der Waals surface area contributed by atoms with Crippen molar-refractivity contribution in [3.8, 4) is 0 Å². The van der Waals surface area contributed by atoms with E-state index in [1.807, 2.05) is 6.92 Å². The number of nitrogens with zero attached hydrogens (tertiary/aromatic N) is 1. The number of nitrogens with one attached hydrogen (secondary N) is 1. The number of rotatable bonds is 6. The normalized spacial score (nSPS) is 13.9. The maximum atomic E-state index is 11.9. The van der Waals surface area contributed by atoms with Gasteiger partial charge in [-0.05, 0) is 19.8 Å². The summed E-state index contributed by atoms with van der Waals surface area (Å²) in [5.74, 6) is 0. The van der Waals surface area contributed by atoms with E-state index in [1.54, 1.807) is 6.92 Å². The van der Waals surface area contributed by atoms with Crippen molar-refractivity contribution in [1.29, 1.82) is 0 Å². The molecule has 1 aromatic rings. The molecule has 0 saturated carbocycles. The fourth-order valence-corrected chi connectivity index (χ4v) is 4.25. The molecule has 4 nitrogen and oxygen atoms in total. The molecule has 1 unspecified atom stereocenters. The monoisotopic (exact) mass is 326 g/mol. The van der Waals surface area contributed by atoms with Gasteiger partial charge in [0.25, 0.3) is 10.0 Å². The summed E-state index contributed by atoms with van der Waals surface area (Å²) in [6.07, 6.45) is 2.97. The van der Waals surface area contributed by atoms with Gasteiger partial charge >= 0.3 is 0 Å². The van der Waals surface area contributed by atoms with Gasteiger partial charge in [-0.1, -0.05) is 22.9 Å². The molecule has 0 saturated heterocycles. The van der Waals surface area contributed by atoms with E-state index in [-0.39, 0.29) is 10.3 Å². The van der Waals surface area contributed by atoms with E-state index in [0.717, 1.165) is 23.2 Å². The van der Waals surface area contributed by atoms with Crippen LogP contribution in [-0.2, 0) is 10.0 Å². The van der Waals surface area contributed by atoms with Gasteiger partial charge in [-0.3, -0.25) is 0 Å². The van der Waals surface area contributed by atoms with Gasteiger partial charge in [-0.25, -0.2) is 18.1 Å². The number of aryl methyl sites for hydroxylation is 1. The Balaban J connectivity index is 2.78. The SMILES string of the molecule is CCC(CCBr)NS(=O)(=O)c1cnc(C)s1. The summed E-state index contributed by atoms with van der Waals surface area (Å²) in [5, 5.41) is 1.55. The molecule has 0 aliphatic rings. The fraction of sp³-hybridized carbons (Fsp3) is 0.667. The third kappa shape index (κ3) is 3.80. The largest absolute Gasteiger partial charge is 0.251 e. The maximum absolute atomic E-state index is 11.9. The molecule has 92 valence electrons. The Morgan fingerprint density at radius 2 is 2.31 bits per heavy atom. The zero-order valence-corrected chi connectivity index (χ0v) is 12.5. The molecule has 0 bridgehead atoms. The second-order valence-electron chi connectivity index (χ2n) is 3.40. The molecule has 0 radical (unpaired) electrons. The molecule has 0 aromatic carbocycles. The lowest BCUT2D eigenvalue weighted by Gasteiger charge is -2.14. The fourth-order valence-electron chi connectivity index (χ4n) is 1.22. The molecule has 1 rings (SSSR count). The van der Waals surface area contributed by atoms with E-state index in [1.165, 1.54) is 17.5 Å². The predicted octanol–water partition coefficient (Wildman–Crippen LogP) is 2.29. The van der Waals surface area contributed by atoms with Crippen LogP contribution in [0.3, 0.4) is 0 Å². The van der Waals surface area contributed by atoms with Crippen molar-refractivity contribution in [1.82, 2.24) is 9.71 Å². The Hall–Kier alpha value is 0.0200. The van der Waals surface area contributed by atoms with E-state index in [9.17, 15) is 8.42 Å².